The number of fused-ring (bicyclic) bond motifs is 2. The van der Waals surface area contributed by atoms with Crippen molar-refractivity contribution < 1.29 is 18.0 Å². The first-order valence-electron chi connectivity index (χ1n) is 9.31. The molecule has 1 fully saturated rings. The van der Waals surface area contributed by atoms with E-state index >= 15 is 0 Å². The van der Waals surface area contributed by atoms with Crippen molar-refractivity contribution in [1.29, 1.82) is 0 Å². The number of nitrogens with zero attached hydrogens (tertiary/aromatic N) is 1. The van der Waals surface area contributed by atoms with Crippen LogP contribution in [-0.4, -0.2) is 26.8 Å². The molecule has 28 heavy (non-hydrogen) atoms. The molecule has 0 unspecified atom stereocenters. The van der Waals surface area contributed by atoms with E-state index in [0.717, 1.165) is 30.5 Å². The van der Waals surface area contributed by atoms with Crippen LogP contribution in [-0.2, 0) is 32.5 Å². The Bertz CT molecular complexity index is 1120. The van der Waals surface area contributed by atoms with Crippen molar-refractivity contribution in [3.63, 3.8) is 0 Å². The third-order valence-corrected chi connectivity index (χ3v) is 6.82. The van der Waals surface area contributed by atoms with E-state index in [0.29, 0.717) is 23.5 Å². The van der Waals surface area contributed by atoms with Crippen LogP contribution in [0.2, 0.25) is 0 Å². The quantitative estimate of drug-likeness (QED) is 0.827. The highest BCUT2D eigenvalue weighted by Gasteiger charge is 2.36. The third kappa shape index (κ3) is 2.93. The summed E-state index contributed by atoms with van der Waals surface area (Å²) in [6, 6.07) is 9.93. The summed E-state index contributed by atoms with van der Waals surface area (Å²) in [6.07, 6.45) is 2.84. The number of nitrogens with one attached hydrogen (secondary N) is 2. The van der Waals surface area contributed by atoms with Crippen LogP contribution in [0.15, 0.2) is 41.3 Å². The zero-order chi connectivity index (χ0) is 19.5. The molecule has 0 saturated heterocycles. The molecule has 0 atom stereocenters. The molecule has 2 aliphatic heterocycles. The smallest absolute Gasteiger partial charge is 0.261 e. The Morgan fingerprint density at radius 3 is 2.71 bits per heavy atom. The first kappa shape index (κ1) is 17.2. The van der Waals surface area contributed by atoms with Gasteiger partial charge in [0.15, 0.2) is 0 Å². The van der Waals surface area contributed by atoms with Crippen molar-refractivity contribution >= 4 is 38.9 Å². The van der Waals surface area contributed by atoms with Gasteiger partial charge in [-0.15, -0.1) is 0 Å². The molecule has 7 nitrogen and oxygen atoms in total. The number of anilines is 3. The van der Waals surface area contributed by atoms with Gasteiger partial charge in [-0.05, 0) is 60.7 Å². The fraction of sp³-hybridized carbons (Fsp3) is 0.300. The summed E-state index contributed by atoms with van der Waals surface area (Å²) < 4.78 is 28.2. The summed E-state index contributed by atoms with van der Waals surface area (Å²) in [5.41, 5.74) is 3.59. The lowest BCUT2D eigenvalue weighted by molar-refractivity contribution is -0.119. The van der Waals surface area contributed by atoms with E-state index in [4.69, 9.17) is 0 Å². The van der Waals surface area contributed by atoms with Crippen LogP contribution in [0.1, 0.15) is 24.0 Å². The largest absolute Gasteiger partial charge is 0.326 e. The van der Waals surface area contributed by atoms with Gasteiger partial charge in [0.25, 0.3) is 10.0 Å². The van der Waals surface area contributed by atoms with E-state index in [1.54, 1.807) is 23.1 Å². The Labute approximate surface area is 162 Å². The number of carbonyl (C=O) groups excluding carboxylic acids is 2. The molecule has 2 aromatic rings. The zero-order valence-electron chi connectivity index (χ0n) is 15.1. The molecule has 2 N–H and O–H groups in total. The fourth-order valence-electron chi connectivity index (χ4n) is 3.81. The van der Waals surface area contributed by atoms with Crippen molar-refractivity contribution in [3.05, 3.63) is 47.5 Å². The Morgan fingerprint density at radius 1 is 1.11 bits per heavy atom. The van der Waals surface area contributed by atoms with Gasteiger partial charge < -0.3 is 10.2 Å². The Kier molecular flexibility index (Phi) is 3.74. The van der Waals surface area contributed by atoms with Crippen LogP contribution in [0.25, 0.3) is 0 Å². The van der Waals surface area contributed by atoms with E-state index in [9.17, 15) is 18.0 Å². The second-order valence-electron chi connectivity index (χ2n) is 7.51. The molecule has 2 amide bonds. The first-order chi connectivity index (χ1) is 13.4. The van der Waals surface area contributed by atoms with E-state index in [2.05, 4.69) is 10.0 Å². The van der Waals surface area contributed by atoms with E-state index in [1.807, 2.05) is 6.07 Å². The van der Waals surface area contributed by atoms with Crippen molar-refractivity contribution in [1.82, 2.24) is 0 Å². The molecule has 8 heteroatoms. The van der Waals surface area contributed by atoms with Crippen LogP contribution in [0.4, 0.5) is 17.1 Å². The summed E-state index contributed by atoms with van der Waals surface area (Å²) >= 11 is 0. The molecule has 144 valence electrons. The minimum absolute atomic E-state index is 0.106. The number of hydrogen-bond acceptors (Lipinski definition) is 4. The van der Waals surface area contributed by atoms with Gasteiger partial charge in [0, 0.05) is 23.8 Å². The van der Waals surface area contributed by atoms with Gasteiger partial charge in [0.1, 0.15) is 0 Å². The first-order valence-corrected chi connectivity index (χ1v) is 10.8. The Balaban J connectivity index is 1.42. The Morgan fingerprint density at radius 2 is 1.93 bits per heavy atom. The number of rotatable bonds is 4. The lowest BCUT2D eigenvalue weighted by Crippen LogP contribution is -2.30. The standard InChI is InChI=1S/C20H19N3O4S/c24-19-10-14-9-16(5-6-17(14)21-19)28(26,27)22-15-4-3-12-7-8-23(18(12)11-15)20(25)13-1-2-13/h3-6,9,11,13,22H,1-2,7-8,10H2,(H,21,24). The van der Waals surface area contributed by atoms with Gasteiger partial charge in [0.05, 0.1) is 17.0 Å². The lowest BCUT2D eigenvalue weighted by Gasteiger charge is -2.18. The lowest BCUT2D eigenvalue weighted by atomic mass is 10.1. The Hall–Kier alpha value is -2.87. The molecular weight excluding hydrogens is 378 g/mol. The average Bonchev–Trinajstić information content (AvgIpc) is 3.31. The number of hydrogen-bond donors (Lipinski definition) is 2. The molecule has 2 aromatic carbocycles. The van der Waals surface area contributed by atoms with E-state index in [-0.39, 0.29) is 29.0 Å². The van der Waals surface area contributed by atoms with Crippen LogP contribution in [0, 0.1) is 5.92 Å². The van der Waals surface area contributed by atoms with Gasteiger partial charge in [-0.1, -0.05) is 6.07 Å². The number of benzene rings is 2. The monoisotopic (exact) mass is 397 g/mol. The van der Waals surface area contributed by atoms with E-state index < -0.39 is 10.0 Å². The van der Waals surface area contributed by atoms with E-state index in [1.165, 1.54) is 12.1 Å². The second-order valence-corrected chi connectivity index (χ2v) is 9.19. The highest BCUT2D eigenvalue weighted by molar-refractivity contribution is 7.92. The topological polar surface area (TPSA) is 95.6 Å². The SMILES string of the molecule is O=C1Cc2cc(S(=O)(=O)Nc3ccc4c(c3)N(C(=O)C3CC3)CC4)ccc2N1. The van der Waals surface area contributed by atoms with Crippen LogP contribution in [0.5, 0.6) is 0 Å². The molecule has 1 saturated carbocycles. The van der Waals surface area contributed by atoms with Crippen molar-refractivity contribution in [2.45, 2.75) is 30.6 Å². The van der Waals surface area contributed by atoms with Crippen LogP contribution in [0.3, 0.4) is 0 Å². The van der Waals surface area contributed by atoms with Gasteiger partial charge in [-0.3, -0.25) is 14.3 Å². The average molecular weight is 397 g/mol. The predicted octanol–water partition coefficient (Wildman–Crippen LogP) is 2.28. The summed E-state index contributed by atoms with van der Waals surface area (Å²) in [4.78, 5) is 25.8. The predicted molar refractivity (Wildman–Crippen MR) is 105 cm³/mol. The maximum Gasteiger partial charge on any atom is 0.261 e. The van der Waals surface area contributed by atoms with Crippen molar-refractivity contribution in [2.24, 2.45) is 5.92 Å². The second kappa shape index (κ2) is 6.07. The van der Waals surface area contributed by atoms with Crippen LogP contribution < -0.4 is 14.9 Å². The molecule has 5 rings (SSSR count). The molecule has 2 heterocycles. The highest BCUT2D eigenvalue weighted by Crippen LogP contribution is 2.38. The van der Waals surface area contributed by atoms with Gasteiger partial charge >= 0.3 is 0 Å². The molecule has 0 radical (unpaired) electrons. The molecular formula is C20H19N3O4S. The molecule has 3 aliphatic rings. The molecule has 0 bridgehead atoms. The van der Waals surface area contributed by atoms with Crippen molar-refractivity contribution in [2.75, 3.05) is 21.5 Å². The summed E-state index contributed by atoms with van der Waals surface area (Å²) in [5, 5.41) is 2.69. The molecule has 1 aliphatic carbocycles. The third-order valence-electron chi connectivity index (χ3n) is 5.44. The minimum Gasteiger partial charge on any atom is -0.326 e. The maximum atomic E-state index is 12.8. The number of sulfonamides is 1. The summed E-state index contributed by atoms with van der Waals surface area (Å²) in [6.45, 7) is 0.646. The normalized spacial score (nSPS) is 17.9. The highest BCUT2D eigenvalue weighted by atomic mass is 32.2. The number of amides is 2. The van der Waals surface area contributed by atoms with Gasteiger partial charge in [-0.2, -0.15) is 0 Å². The van der Waals surface area contributed by atoms with Crippen molar-refractivity contribution in [3.8, 4) is 0 Å². The number of carbonyl (C=O) groups is 2. The molecule has 0 spiro atoms. The summed E-state index contributed by atoms with van der Waals surface area (Å²) in [5.74, 6) is 0.111. The van der Waals surface area contributed by atoms with Gasteiger partial charge in [0.2, 0.25) is 11.8 Å². The zero-order valence-corrected chi connectivity index (χ0v) is 15.9. The maximum absolute atomic E-state index is 12.8. The summed E-state index contributed by atoms with van der Waals surface area (Å²) in [7, 11) is -3.80. The fourth-order valence-corrected chi connectivity index (χ4v) is 4.91. The molecule has 0 aromatic heterocycles. The van der Waals surface area contributed by atoms with Crippen LogP contribution >= 0.6 is 0 Å². The van der Waals surface area contributed by atoms with Gasteiger partial charge in [-0.25, -0.2) is 8.42 Å². The minimum atomic E-state index is -3.80.